The first-order valence-corrected chi connectivity index (χ1v) is 6.75. The largest absolute Gasteiger partial charge is 0.497 e. The zero-order valence-corrected chi connectivity index (χ0v) is 12.1. The average molecular weight is 309 g/mol. The Morgan fingerprint density at radius 1 is 1.04 bits per heavy atom. The highest BCUT2D eigenvalue weighted by Gasteiger charge is 2.38. The van der Waals surface area contributed by atoms with Crippen molar-refractivity contribution in [2.45, 2.75) is 0 Å². The molecule has 0 radical (unpaired) electrons. The Bertz CT molecular complexity index is 865. The third-order valence-corrected chi connectivity index (χ3v) is 3.63. The standard InChI is InChI=1S/C17H11NO5/c1-23-11-7-5-10(6-8-11)9-13-16(19)12-3-2-4-14(18(21)22)15(12)17(13)20/h2-9H,1H3. The fourth-order valence-corrected chi connectivity index (χ4v) is 2.50. The Labute approximate surface area is 131 Å². The van der Waals surface area contributed by atoms with Crippen molar-refractivity contribution >= 4 is 23.3 Å². The topological polar surface area (TPSA) is 86.5 Å². The Hall–Kier alpha value is -3.28. The third-order valence-electron chi connectivity index (χ3n) is 3.63. The number of carbonyl (C=O) groups is 2. The number of fused-ring (bicyclic) bond motifs is 1. The molecule has 0 saturated carbocycles. The Morgan fingerprint density at radius 2 is 1.74 bits per heavy atom. The van der Waals surface area contributed by atoms with Crippen LogP contribution in [0.3, 0.4) is 0 Å². The second kappa shape index (κ2) is 5.49. The van der Waals surface area contributed by atoms with Gasteiger partial charge in [0, 0.05) is 11.6 Å². The predicted octanol–water partition coefficient (Wildman–Crippen LogP) is 3.07. The van der Waals surface area contributed by atoms with E-state index in [9.17, 15) is 19.7 Å². The summed E-state index contributed by atoms with van der Waals surface area (Å²) in [5, 5.41) is 11.1. The summed E-state index contributed by atoms with van der Waals surface area (Å²) in [6.45, 7) is 0. The quantitative estimate of drug-likeness (QED) is 0.376. The van der Waals surface area contributed by atoms with Gasteiger partial charge in [-0.1, -0.05) is 18.2 Å². The van der Waals surface area contributed by atoms with Crippen molar-refractivity contribution in [1.82, 2.24) is 0 Å². The SMILES string of the molecule is COc1ccc(C=C2C(=O)c3cccc([N+](=O)[O-])c3C2=O)cc1. The van der Waals surface area contributed by atoms with Gasteiger partial charge in [-0.3, -0.25) is 19.7 Å². The molecule has 3 rings (SSSR count). The molecule has 1 aliphatic rings. The summed E-state index contributed by atoms with van der Waals surface area (Å²) >= 11 is 0. The number of benzene rings is 2. The lowest BCUT2D eigenvalue weighted by Crippen LogP contribution is -2.02. The fraction of sp³-hybridized carbons (Fsp3) is 0.0588. The molecule has 0 spiro atoms. The Kier molecular flexibility index (Phi) is 3.50. The number of methoxy groups -OCH3 is 1. The molecular formula is C17H11NO5. The number of ketones is 2. The van der Waals surface area contributed by atoms with Crippen molar-refractivity contribution in [3.8, 4) is 5.75 Å². The lowest BCUT2D eigenvalue weighted by atomic mass is 10.1. The van der Waals surface area contributed by atoms with Gasteiger partial charge in [-0.05, 0) is 29.8 Å². The molecule has 0 aromatic heterocycles. The van der Waals surface area contributed by atoms with Gasteiger partial charge in [0.25, 0.3) is 5.69 Å². The number of carbonyl (C=O) groups excluding carboxylic acids is 2. The minimum Gasteiger partial charge on any atom is -0.497 e. The van der Waals surface area contributed by atoms with Crippen LogP contribution in [0.4, 0.5) is 5.69 Å². The molecule has 114 valence electrons. The molecule has 2 aromatic rings. The van der Waals surface area contributed by atoms with E-state index in [0.717, 1.165) is 0 Å². The molecule has 0 amide bonds. The summed E-state index contributed by atoms with van der Waals surface area (Å²) in [5.74, 6) is -0.465. The van der Waals surface area contributed by atoms with Crippen molar-refractivity contribution in [3.05, 3.63) is 74.8 Å². The van der Waals surface area contributed by atoms with E-state index in [2.05, 4.69) is 0 Å². The second-order valence-corrected chi connectivity index (χ2v) is 4.95. The molecule has 0 saturated heterocycles. The van der Waals surface area contributed by atoms with Crippen molar-refractivity contribution < 1.29 is 19.2 Å². The Balaban J connectivity index is 2.07. The van der Waals surface area contributed by atoms with E-state index in [4.69, 9.17) is 4.74 Å². The van der Waals surface area contributed by atoms with Gasteiger partial charge < -0.3 is 4.74 Å². The van der Waals surface area contributed by atoms with Gasteiger partial charge in [0.1, 0.15) is 11.3 Å². The van der Waals surface area contributed by atoms with Crippen LogP contribution < -0.4 is 4.74 Å². The molecule has 6 nitrogen and oxygen atoms in total. The Morgan fingerprint density at radius 3 is 2.35 bits per heavy atom. The zero-order valence-electron chi connectivity index (χ0n) is 12.1. The van der Waals surface area contributed by atoms with Gasteiger partial charge in [0.15, 0.2) is 5.78 Å². The number of hydrogen-bond acceptors (Lipinski definition) is 5. The molecule has 6 heteroatoms. The zero-order chi connectivity index (χ0) is 16.6. The van der Waals surface area contributed by atoms with Gasteiger partial charge in [-0.25, -0.2) is 0 Å². The fourth-order valence-electron chi connectivity index (χ4n) is 2.50. The van der Waals surface area contributed by atoms with Crippen LogP contribution >= 0.6 is 0 Å². The highest BCUT2D eigenvalue weighted by molar-refractivity contribution is 6.42. The van der Waals surface area contributed by atoms with Crippen LogP contribution in [0, 0.1) is 10.1 Å². The first-order valence-electron chi connectivity index (χ1n) is 6.75. The summed E-state index contributed by atoms with van der Waals surface area (Å²) in [6, 6.07) is 10.8. The summed E-state index contributed by atoms with van der Waals surface area (Å²) < 4.78 is 5.04. The number of hydrogen-bond donors (Lipinski definition) is 0. The van der Waals surface area contributed by atoms with Gasteiger partial charge >= 0.3 is 0 Å². The maximum absolute atomic E-state index is 12.4. The average Bonchev–Trinajstić information content (AvgIpc) is 2.80. The summed E-state index contributed by atoms with van der Waals surface area (Å²) in [7, 11) is 1.53. The van der Waals surface area contributed by atoms with Crippen LogP contribution in [0.2, 0.25) is 0 Å². The van der Waals surface area contributed by atoms with Crippen LogP contribution in [0.15, 0.2) is 48.0 Å². The molecule has 0 unspecified atom stereocenters. The molecule has 0 aliphatic heterocycles. The molecule has 0 N–H and O–H groups in total. The first-order chi connectivity index (χ1) is 11.0. The second-order valence-electron chi connectivity index (χ2n) is 4.95. The van der Waals surface area contributed by atoms with E-state index in [1.54, 1.807) is 24.3 Å². The van der Waals surface area contributed by atoms with Crippen LogP contribution in [0.1, 0.15) is 26.3 Å². The normalized spacial score (nSPS) is 14.9. The minimum absolute atomic E-state index is 0.0699. The van der Waals surface area contributed by atoms with Crippen molar-refractivity contribution in [2.24, 2.45) is 0 Å². The maximum Gasteiger partial charge on any atom is 0.281 e. The summed E-state index contributed by atoms with van der Waals surface area (Å²) in [6.07, 6.45) is 1.44. The monoisotopic (exact) mass is 309 g/mol. The van der Waals surface area contributed by atoms with E-state index in [1.165, 1.54) is 31.4 Å². The van der Waals surface area contributed by atoms with Gasteiger partial charge in [-0.15, -0.1) is 0 Å². The van der Waals surface area contributed by atoms with E-state index in [-0.39, 0.29) is 22.4 Å². The minimum atomic E-state index is -0.652. The number of ether oxygens (including phenoxy) is 1. The molecule has 1 aliphatic carbocycles. The van der Waals surface area contributed by atoms with Gasteiger partial charge in [0.2, 0.25) is 5.78 Å². The summed E-state index contributed by atoms with van der Waals surface area (Å²) in [4.78, 5) is 35.2. The highest BCUT2D eigenvalue weighted by Crippen LogP contribution is 2.34. The lowest BCUT2D eigenvalue weighted by molar-refractivity contribution is -0.385. The van der Waals surface area contributed by atoms with Crippen molar-refractivity contribution in [1.29, 1.82) is 0 Å². The number of nitro groups is 1. The van der Waals surface area contributed by atoms with E-state index in [0.29, 0.717) is 11.3 Å². The van der Waals surface area contributed by atoms with E-state index >= 15 is 0 Å². The van der Waals surface area contributed by atoms with Gasteiger partial charge in [0.05, 0.1) is 17.6 Å². The lowest BCUT2D eigenvalue weighted by Gasteiger charge is -2.00. The van der Waals surface area contributed by atoms with E-state index < -0.39 is 16.5 Å². The molecule has 0 heterocycles. The van der Waals surface area contributed by atoms with Gasteiger partial charge in [-0.2, -0.15) is 0 Å². The number of Topliss-reactive ketones (excluding diaryl/α,β-unsaturated/α-hetero) is 2. The number of rotatable bonds is 3. The molecule has 0 atom stereocenters. The maximum atomic E-state index is 12.4. The smallest absolute Gasteiger partial charge is 0.281 e. The molecule has 23 heavy (non-hydrogen) atoms. The third kappa shape index (κ3) is 2.40. The molecule has 2 aromatic carbocycles. The number of allylic oxidation sites excluding steroid dienone is 1. The highest BCUT2D eigenvalue weighted by atomic mass is 16.6. The molecular weight excluding hydrogens is 298 g/mol. The van der Waals surface area contributed by atoms with Crippen LogP contribution in [0.5, 0.6) is 5.75 Å². The first kappa shape index (κ1) is 14.6. The van der Waals surface area contributed by atoms with E-state index in [1.807, 2.05) is 0 Å². The summed E-state index contributed by atoms with van der Waals surface area (Å²) in [5.41, 5.74) is 0.155. The molecule has 0 fully saturated rings. The van der Waals surface area contributed by atoms with Crippen LogP contribution in [-0.2, 0) is 0 Å². The predicted molar refractivity (Wildman–Crippen MR) is 82.7 cm³/mol. The number of nitro benzene ring substituents is 1. The van der Waals surface area contributed by atoms with Crippen LogP contribution in [-0.4, -0.2) is 23.6 Å². The van der Waals surface area contributed by atoms with Crippen molar-refractivity contribution in [2.75, 3.05) is 7.11 Å². The molecule has 0 bridgehead atoms. The number of nitrogens with zero attached hydrogens (tertiary/aromatic N) is 1. The van der Waals surface area contributed by atoms with Crippen LogP contribution in [0.25, 0.3) is 6.08 Å². The van der Waals surface area contributed by atoms with Crippen molar-refractivity contribution in [3.63, 3.8) is 0 Å².